The summed E-state index contributed by atoms with van der Waals surface area (Å²) in [6.45, 7) is 2.34. The average Bonchev–Trinajstić information content (AvgIpc) is 2.30. The van der Waals surface area contributed by atoms with E-state index < -0.39 is 0 Å². The third-order valence-corrected chi connectivity index (χ3v) is 2.29. The number of ether oxygens (including phenoxy) is 2. The molecule has 1 aromatic heterocycles. The van der Waals surface area contributed by atoms with E-state index in [-0.39, 0.29) is 6.04 Å². The molecule has 4 heteroatoms. The smallest absolute Gasteiger partial charge is 0.217 e. The standard InChI is InChI=1S/C10H14N2O2/c1-13-10-8(3-2-4-12-10)9-7-14-6-5-11-9/h2-4,9,11H,5-7H2,1H3. The van der Waals surface area contributed by atoms with E-state index in [0.29, 0.717) is 12.5 Å². The summed E-state index contributed by atoms with van der Waals surface area (Å²) >= 11 is 0. The second kappa shape index (κ2) is 4.39. The Labute approximate surface area is 83.2 Å². The zero-order valence-electron chi connectivity index (χ0n) is 8.19. The van der Waals surface area contributed by atoms with E-state index in [0.717, 1.165) is 18.7 Å². The van der Waals surface area contributed by atoms with Crippen LogP contribution in [0.2, 0.25) is 0 Å². The van der Waals surface area contributed by atoms with Gasteiger partial charge in [-0.2, -0.15) is 0 Å². The number of nitrogens with zero attached hydrogens (tertiary/aromatic N) is 1. The van der Waals surface area contributed by atoms with Crippen molar-refractivity contribution in [1.29, 1.82) is 0 Å². The van der Waals surface area contributed by atoms with Crippen LogP contribution in [-0.4, -0.2) is 31.9 Å². The lowest BCUT2D eigenvalue weighted by Crippen LogP contribution is -2.34. The van der Waals surface area contributed by atoms with E-state index in [1.807, 2.05) is 12.1 Å². The van der Waals surface area contributed by atoms with E-state index in [2.05, 4.69) is 10.3 Å². The predicted octanol–water partition coefficient (Wildman–Crippen LogP) is 0.751. The molecule has 1 N–H and O–H groups in total. The number of methoxy groups -OCH3 is 1. The number of hydrogen-bond donors (Lipinski definition) is 1. The van der Waals surface area contributed by atoms with Crippen LogP contribution >= 0.6 is 0 Å². The first-order chi connectivity index (χ1) is 6.92. The van der Waals surface area contributed by atoms with Gasteiger partial charge in [0.2, 0.25) is 5.88 Å². The molecule has 0 radical (unpaired) electrons. The van der Waals surface area contributed by atoms with Crippen LogP contribution in [0.25, 0.3) is 0 Å². The zero-order valence-corrected chi connectivity index (χ0v) is 8.19. The molecular formula is C10H14N2O2. The fourth-order valence-corrected chi connectivity index (χ4v) is 1.60. The van der Waals surface area contributed by atoms with Gasteiger partial charge in [0.15, 0.2) is 0 Å². The SMILES string of the molecule is COc1ncccc1C1COCCN1. The molecule has 0 bridgehead atoms. The molecule has 1 aliphatic rings. The van der Waals surface area contributed by atoms with Gasteiger partial charge in [-0.25, -0.2) is 4.98 Å². The van der Waals surface area contributed by atoms with E-state index in [4.69, 9.17) is 9.47 Å². The average molecular weight is 194 g/mol. The maximum absolute atomic E-state index is 5.39. The lowest BCUT2D eigenvalue weighted by atomic mass is 10.1. The summed E-state index contributed by atoms with van der Waals surface area (Å²) < 4.78 is 10.6. The second-order valence-corrected chi connectivity index (χ2v) is 3.18. The fraction of sp³-hybridized carbons (Fsp3) is 0.500. The van der Waals surface area contributed by atoms with Crippen molar-refractivity contribution in [2.75, 3.05) is 26.9 Å². The van der Waals surface area contributed by atoms with Crippen molar-refractivity contribution < 1.29 is 9.47 Å². The molecule has 0 amide bonds. The predicted molar refractivity (Wildman–Crippen MR) is 52.4 cm³/mol. The number of morpholine rings is 1. The third kappa shape index (κ3) is 1.86. The second-order valence-electron chi connectivity index (χ2n) is 3.18. The van der Waals surface area contributed by atoms with E-state index >= 15 is 0 Å². The van der Waals surface area contributed by atoms with Crippen LogP contribution in [0, 0.1) is 0 Å². The molecule has 0 aliphatic carbocycles. The van der Waals surface area contributed by atoms with Crippen molar-refractivity contribution in [3.63, 3.8) is 0 Å². The Balaban J connectivity index is 2.20. The molecule has 1 aromatic rings. The molecule has 0 aromatic carbocycles. The van der Waals surface area contributed by atoms with Crippen LogP contribution in [0.15, 0.2) is 18.3 Å². The Kier molecular flexibility index (Phi) is 2.96. The molecule has 4 nitrogen and oxygen atoms in total. The Hall–Kier alpha value is -1.13. The first-order valence-corrected chi connectivity index (χ1v) is 4.72. The van der Waals surface area contributed by atoms with Crippen molar-refractivity contribution in [3.8, 4) is 5.88 Å². The molecule has 1 saturated heterocycles. The normalized spacial score (nSPS) is 21.9. The third-order valence-electron chi connectivity index (χ3n) is 2.29. The first kappa shape index (κ1) is 9.43. The van der Waals surface area contributed by atoms with Crippen LogP contribution in [-0.2, 0) is 4.74 Å². The van der Waals surface area contributed by atoms with Gasteiger partial charge in [-0.3, -0.25) is 0 Å². The Morgan fingerprint density at radius 3 is 3.29 bits per heavy atom. The molecule has 14 heavy (non-hydrogen) atoms. The highest BCUT2D eigenvalue weighted by Gasteiger charge is 2.18. The van der Waals surface area contributed by atoms with Gasteiger partial charge in [0, 0.05) is 18.3 Å². The number of hydrogen-bond acceptors (Lipinski definition) is 4. The summed E-state index contributed by atoms with van der Waals surface area (Å²) in [5.74, 6) is 0.676. The molecule has 0 spiro atoms. The van der Waals surface area contributed by atoms with Crippen molar-refractivity contribution in [2.45, 2.75) is 6.04 Å². The summed E-state index contributed by atoms with van der Waals surface area (Å²) in [5, 5.41) is 3.37. The van der Waals surface area contributed by atoms with Gasteiger partial charge in [-0.05, 0) is 6.07 Å². The highest BCUT2D eigenvalue weighted by atomic mass is 16.5. The van der Waals surface area contributed by atoms with Crippen LogP contribution in [0.3, 0.4) is 0 Å². The largest absolute Gasteiger partial charge is 0.481 e. The molecule has 2 heterocycles. The van der Waals surface area contributed by atoms with Gasteiger partial charge < -0.3 is 14.8 Å². The number of pyridine rings is 1. The quantitative estimate of drug-likeness (QED) is 0.754. The summed E-state index contributed by atoms with van der Waals surface area (Å²) in [5.41, 5.74) is 1.06. The van der Waals surface area contributed by atoms with Gasteiger partial charge >= 0.3 is 0 Å². The van der Waals surface area contributed by atoms with Crippen molar-refractivity contribution in [2.24, 2.45) is 0 Å². The number of rotatable bonds is 2. The minimum absolute atomic E-state index is 0.201. The minimum atomic E-state index is 0.201. The van der Waals surface area contributed by atoms with E-state index in [9.17, 15) is 0 Å². The van der Waals surface area contributed by atoms with Crippen molar-refractivity contribution in [1.82, 2.24) is 10.3 Å². The maximum Gasteiger partial charge on any atom is 0.217 e. The fourth-order valence-electron chi connectivity index (χ4n) is 1.60. The molecular weight excluding hydrogens is 180 g/mol. The topological polar surface area (TPSA) is 43.4 Å². The number of nitrogens with one attached hydrogen (secondary N) is 1. The Morgan fingerprint density at radius 2 is 2.57 bits per heavy atom. The monoisotopic (exact) mass is 194 g/mol. The van der Waals surface area contributed by atoms with Crippen LogP contribution in [0.5, 0.6) is 5.88 Å². The summed E-state index contributed by atoms with van der Waals surface area (Å²) in [7, 11) is 1.63. The van der Waals surface area contributed by atoms with Gasteiger partial charge in [-0.15, -0.1) is 0 Å². The molecule has 1 fully saturated rings. The summed E-state index contributed by atoms with van der Waals surface area (Å²) in [4.78, 5) is 4.15. The highest BCUT2D eigenvalue weighted by molar-refractivity contribution is 5.29. The van der Waals surface area contributed by atoms with E-state index in [1.165, 1.54) is 0 Å². The lowest BCUT2D eigenvalue weighted by molar-refractivity contribution is 0.0758. The molecule has 76 valence electrons. The van der Waals surface area contributed by atoms with E-state index in [1.54, 1.807) is 13.3 Å². The van der Waals surface area contributed by atoms with Gasteiger partial charge in [0.25, 0.3) is 0 Å². The summed E-state index contributed by atoms with van der Waals surface area (Å²) in [6.07, 6.45) is 1.73. The number of aromatic nitrogens is 1. The van der Waals surface area contributed by atoms with Gasteiger partial charge in [-0.1, -0.05) is 6.07 Å². The Bertz CT molecular complexity index is 298. The zero-order chi connectivity index (χ0) is 9.80. The lowest BCUT2D eigenvalue weighted by Gasteiger charge is -2.24. The molecule has 0 saturated carbocycles. The summed E-state index contributed by atoms with van der Waals surface area (Å²) in [6, 6.07) is 4.12. The minimum Gasteiger partial charge on any atom is -0.481 e. The van der Waals surface area contributed by atoms with Crippen LogP contribution < -0.4 is 10.1 Å². The highest BCUT2D eigenvalue weighted by Crippen LogP contribution is 2.23. The molecule has 1 aliphatic heterocycles. The molecule has 1 atom stereocenters. The molecule has 2 rings (SSSR count). The van der Waals surface area contributed by atoms with Crippen molar-refractivity contribution in [3.05, 3.63) is 23.9 Å². The first-order valence-electron chi connectivity index (χ1n) is 4.72. The van der Waals surface area contributed by atoms with Crippen molar-refractivity contribution >= 4 is 0 Å². The van der Waals surface area contributed by atoms with Gasteiger partial charge in [0.1, 0.15) is 0 Å². The Morgan fingerprint density at radius 1 is 1.64 bits per heavy atom. The van der Waals surface area contributed by atoms with Crippen LogP contribution in [0.1, 0.15) is 11.6 Å². The maximum atomic E-state index is 5.39. The van der Waals surface area contributed by atoms with Gasteiger partial charge in [0.05, 0.1) is 26.4 Å². The molecule has 1 unspecified atom stereocenters. The van der Waals surface area contributed by atoms with Crippen LogP contribution in [0.4, 0.5) is 0 Å².